The molecule has 0 radical (unpaired) electrons. The van der Waals surface area contributed by atoms with E-state index in [0.717, 1.165) is 40.9 Å². The van der Waals surface area contributed by atoms with E-state index in [1.54, 1.807) is 17.3 Å². The van der Waals surface area contributed by atoms with Gasteiger partial charge in [0.1, 0.15) is 11.6 Å². The fourth-order valence-corrected chi connectivity index (χ4v) is 4.74. The van der Waals surface area contributed by atoms with Crippen LogP contribution in [0.25, 0.3) is 12.2 Å². The third-order valence-corrected chi connectivity index (χ3v) is 7.04. The highest BCUT2D eigenvalue weighted by molar-refractivity contribution is 6.33. The van der Waals surface area contributed by atoms with Crippen molar-refractivity contribution in [2.24, 2.45) is 0 Å². The molecule has 41 heavy (non-hydrogen) atoms. The molecule has 11 heteroatoms. The van der Waals surface area contributed by atoms with E-state index in [4.69, 9.17) is 33.7 Å². The van der Waals surface area contributed by atoms with Crippen molar-refractivity contribution < 1.29 is 9.53 Å². The van der Waals surface area contributed by atoms with Crippen molar-refractivity contribution in [3.05, 3.63) is 100 Å². The van der Waals surface area contributed by atoms with Gasteiger partial charge in [-0.05, 0) is 65.4 Å². The third kappa shape index (κ3) is 7.87. The number of carbonyl (C=O) groups excluding carboxylic acids is 1. The van der Waals surface area contributed by atoms with Crippen LogP contribution in [0.3, 0.4) is 0 Å². The number of ether oxygens (including phenoxy) is 1. The van der Waals surface area contributed by atoms with E-state index in [0.29, 0.717) is 29.6 Å². The van der Waals surface area contributed by atoms with Gasteiger partial charge in [-0.15, -0.1) is 0 Å². The number of pyridine rings is 1. The quantitative estimate of drug-likeness (QED) is 0.190. The number of benzene rings is 2. The predicted octanol–water partition coefficient (Wildman–Crippen LogP) is 6.89. The number of rotatable bonds is 8. The molecule has 9 nitrogen and oxygen atoms in total. The molecule has 1 aliphatic rings. The number of halogens is 2. The lowest BCUT2D eigenvalue weighted by Crippen LogP contribution is -2.42. The Morgan fingerprint density at radius 2 is 1.85 bits per heavy atom. The number of likely N-dealkylation sites (tertiary alicyclic amines) is 1. The molecule has 4 aromatic rings. The normalized spacial score (nSPS) is 13.8. The number of anilines is 4. The van der Waals surface area contributed by atoms with Gasteiger partial charge in [0, 0.05) is 42.9 Å². The summed E-state index contributed by atoms with van der Waals surface area (Å²) >= 11 is 12.2. The number of aromatic nitrogens is 3. The molecular weight excluding hydrogens is 561 g/mol. The summed E-state index contributed by atoms with van der Waals surface area (Å²) in [5.74, 6) is 0.411. The van der Waals surface area contributed by atoms with Crippen LogP contribution < -0.4 is 16.4 Å². The number of nitrogens with two attached hydrogens (primary N) is 1. The molecular formula is C30H29Cl2N7O2. The molecule has 1 aliphatic heterocycles. The Morgan fingerprint density at radius 3 is 2.63 bits per heavy atom. The number of nitrogen functional groups attached to an aromatic ring is 1. The van der Waals surface area contributed by atoms with Crippen LogP contribution in [-0.2, 0) is 11.3 Å². The number of piperidine rings is 1. The Hall–Kier alpha value is -4.34. The second-order valence-corrected chi connectivity index (χ2v) is 10.3. The Bertz CT molecular complexity index is 1530. The first-order chi connectivity index (χ1) is 19.9. The van der Waals surface area contributed by atoms with Crippen LogP contribution in [0.4, 0.5) is 27.7 Å². The summed E-state index contributed by atoms with van der Waals surface area (Å²) in [5.41, 5.74) is 11.0. The maximum absolute atomic E-state index is 12.6. The van der Waals surface area contributed by atoms with Gasteiger partial charge < -0.3 is 26.0 Å². The van der Waals surface area contributed by atoms with Crippen LogP contribution in [0, 0.1) is 0 Å². The maximum Gasteiger partial charge on any atom is 0.410 e. The van der Waals surface area contributed by atoms with Gasteiger partial charge in [0.25, 0.3) is 0 Å². The van der Waals surface area contributed by atoms with Crippen LogP contribution in [0.5, 0.6) is 0 Å². The van der Waals surface area contributed by atoms with E-state index < -0.39 is 0 Å². The van der Waals surface area contributed by atoms with Gasteiger partial charge in [0.05, 0.1) is 11.9 Å². The molecule has 0 bridgehead atoms. The summed E-state index contributed by atoms with van der Waals surface area (Å²) < 4.78 is 5.51. The van der Waals surface area contributed by atoms with Crippen molar-refractivity contribution in [2.45, 2.75) is 25.5 Å². The number of hydrogen-bond acceptors (Lipinski definition) is 8. The minimum atomic E-state index is -0.286. The van der Waals surface area contributed by atoms with E-state index in [-0.39, 0.29) is 24.0 Å². The van der Waals surface area contributed by atoms with Gasteiger partial charge in [0.2, 0.25) is 5.28 Å². The van der Waals surface area contributed by atoms with Crippen molar-refractivity contribution in [3.8, 4) is 0 Å². The summed E-state index contributed by atoms with van der Waals surface area (Å²) in [6.45, 7) is 1.49. The molecule has 2 aromatic heterocycles. The zero-order valence-electron chi connectivity index (χ0n) is 22.1. The van der Waals surface area contributed by atoms with E-state index in [1.165, 1.54) is 6.20 Å². The Balaban J connectivity index is 1.27. The topological polar surface area (TPSA) is 118 Å². The molecule has 0 spiro atoms. The standard InChI is InChI=1S/C30H29Cl2N7O2/c31-26-18-35-29(32)38-28(26)37-25-8-9-27(22(15-25)7-6-21-14-23(33)17-34-16-21)36-24-10-12-39(13-11-24)30(40)41-19-20-4-2-1-3-5-20/h1-9,14-18,24,36H,10-13,19,33H2,(H,35,37,38). The van der Waals surface area contributed by atoms with Crippen LogP contribution in [0.2, 0.25) is 10.3 Å². The summed E-state index contributed by atoms with van der Waals surface area (Å²) in [5, 5.41) is 7.32. The monoisotopic (exact) mass is 589 g/mol. The fourth-order valence-electron chi connectivity index (χ4n) is 4.47. The number of carbonyl (C=O) groups is 1. The van der Waals surface area contributed by atoms with Gasteiger partial charge >= 0.3 is 6.09 Å². The smallest absolute Gasteiger partial charge is 0.410 e. The Labute approximate surface area is 248 Å². The predicted molar refractivity (Wildman–Crippen MR) is 164 cm³/mol. The second-order valence-electron chi connectivity index (χ2n) is 9.59. The van der Waals surface area contributed by atoms with Crippen LogP contribution in [-0.4, -0.2) is 45.1 Å². The SMILES string of the molecule is Nc1cncc(C=Cc2cc(Nc3nc(Cl)ncc3Cl)ccc2NC2CCN(C(=O)OCc3ccccc3)CC2)c1. The lowest BCUT2D eigenvalue weighted by molar-refractivity contribution is 0.0882. The lowest BCUT2D eigenvalue weighted by Gasteiger charge is -2.32. The number of nitrogens with zero attached hydrogens (tertiary/aromatic N) is 4. The van der Waals surface area contributed by atoms with Crippen molar-refractivity contribution in [3.63, 3.8) is 0 Å². The number of amides is 1. The first kappa shape index (κ1) is 28.2. The summed E-state index contributed by atoms with van der Waals surface area (Å²) in [6.07, 6.45) is 10.0. The largest absolute Gasteiger partial charge is 0.445 e. The molecule has 0 atom stereocenters. The molecule has 0 aliphatic carbocycles. The van der Waals surface area contributed by atoms with E-state index in [2.05, 4.69) is 25.6 Å². The fraction of sp³-hybridized carbons (Fsp3) is 0.200. The first-order valence-electron chi connectivity index (χ1n) is 13.1. The molecule has 3 heterocycles. The first-order valence-corrected chi connectivity index (χ1v) is 13.9. The zero-order valence-corrected chi connectivity index (χ0v) is 23.6. The van der Waals surface area contributed by atoms with E-state index in [1.807, 2.05) is 66.7 Å². The minimum absolute atomic E-state index is 0.0970. The molecule has 1 fully saturated rings. The van der Waals surface area contributed by atoms with Crippen molar-refractivity contribution in [1.82, 2.24) is 19.9 Å². The Kier molecular flexibility index (Phi) is 9.18. The molecule has 1 amide bonds. The Morgan fingerprint density at radius 1 is 1.05 bits per heavy atom. The lowest BCUT2D eigenvalue weighted by atomic mass is 10.0. The van der Waals surface area contributed by atoms with E-state index in [9.17, 15) is 4.79 Å². The zero-order chi connectivity index (χ0) is 28.6. The highest BCUT2D eigenvalue weighted by atomic mass is 35.5. The maximum atomic E-state index is 12.6. The van der Waals surface area contributed by atoms with Crippen LogP contribution in [0.1, 0.15) is 29.5 Å². The third-order valence-electron chi connectivity index (χ3n) is 6.58. The minimum Gasteiger partial charge on any atom is -0.445 e. The van der Waals surface area contributed by atoms with Gasteiger partial charge in [-0.1, -0.05) is 54.1 Å². The van der Waals surface area contributed by atoms with Crippen LogP contribution in [0.15, 0.2) is 73.2 Å². The van der Waals surface area contributed by atoms with Gasteiger partial charge in [-0.2, -0.15) is 4.98 Å². The summed E-state index contributed by atoms with van der Waals surface area (Å²) in [6, 6.07) is 17.6. The molecule has 0 saturated carbocycles. The highest BCUT2D eigenvalue weighted by Gasteiger charge is 2.24. The van der Waals surface area contributed by atoms with Crippen LogP contribution >= 0.6 is 23.2 Å². The van der Waals surface area contributed by atoms with Gasteiger partial charge in [0.15, 0.2) is 5.82 Å². The second kappa shape index (κ2) is 13.3. The van der Waals surface area contributed by atoms with Crippen molar-refractivity contribution >= 4 is 64.3 Å². The average molecular weight is 591 g/mol. The van der Waals surface area contributed by atoms with Crippen molar-refractivity contribution in [1.29, 1.82) is 0 Å². The number of nitrogens with one attached hydrogen (secondary N) is 2. The molecule has 1 saturated heterocycles. The van der Waals surface area contributed by atoms with E-state index >= 15 is 0 Å². The molecule has 4 N–H and O–H groups in total. The highest BCUT2D eigenvalue weighted by Crippen LogP contribution is 2.29. The molecule has 2 aromatic carbocycles. The van der Waals surface area contributed by atoms with Gasteiger partial charge in [-0.25, -0.2) is 9.78 Å². The summed E-state index contributed by atoms with van der Waals surface area (Å²) in [7, 11) is 0. The van der Waals surface area contributed by atoms with Crippen molar-refractivity contribution in [2.75, 3.05) is 29.5 Å². The summed E-state index contributed by atoms with van der Waals surface area (Å²) in [4.78, 5) is 26.6. The van der Waals surface area contributed by atoms with Gasteiger partial charge in [-0.3, -0.25) is 4.98 Å². The molecule has 0 unspecified atom stereocenters. The molecule has 5 rings (SSSR count). The molecule has 210 valence electrons. The average Bonchev–Trinajstić information content (AvgIpc) is 2.99. The number of hydrogen-bond donors (Lipinski definition) is 3.